The van der Waals surface area contributed by atoms with Gasteiger partial charge in [-0.1, -0.05) is 12.1 Å². The summed E-state index contributed by atoms with van der Waals surface area (Å²) in [6, 6.07) is 14.8. The van der Waals surface area contributed by atoms with Crippen molar-refractivity contribution in [2.45, 2.75) is 19.3 Å². The Hall–Kier alpha value is -3.22. The molecule has 1 aromatic heterocycles. The van der Waals surface area contributed by atoms with Crippen molar-refractivity contribution in [1.82, 2.24) is 15.1 Å². The normalized spacial score (nSPS) is 19.0. The molecule has 2 aliphatic heterocycles. The van der Waals surface area contributed by atoms with Crippen LogP contribution in [0.25, 0.3) is 21.8 Å². The van der Waals surface area contributed by atoms with Crippen LogP contribution in [-0.2, 0) is 10.8 Å². The largest absolute Gasteiger partial charge is 0.370 e. The molecule has 9 heteroatoms. The molecule has 0 spiro atoms. The highest BCUT2D eigenvalue weighted by atomic mass is 32.2. The second-order valence-corrected chi connectivity index (χ2v) is 11.1. The molecule has 7 nitrogen and oxygen atoms in total. The predicted octanol–water partition coefficient (Wildman–Crippen LogP) is 4.60. The Balaban J connectivity index is 1.42. The van der Waals surface area contributed by atoms with E-state index in [4.69, 9.17) is 11.7 Å². The van der Waals surface area contributed by atoms with Gasteiger partial charge in [0.2, 0.25) is 5.69 Å². The smallest absolute Gasteiger partial charge is 0.222 e. The molecular formula is C27H31FN6OS. The molecular weight excluding hydrogens is 475 g/mol. The summed E-state index contributed by atoms with van der Waals surface area (Å²) in [5, 5.41) is 11.8. The first-order valence-corrected chi connectivity index (χ1v) is 14.0. The SMILES string of the molecule is [C-]#[N+]c1ccc(-c2cc(NC[C@@H]3CCCNCC3)nn2-c2ccc(N3CCS(=O)CC3)cc2)cc1F. The van der Waals surface area contributed by atoms with E-state index >= 15 is 0 Å². The van der Waals surface area contributed by atoms with Gasteiger partial charge in [-0.3, -0.25) is 4.21 Å². The van der Waals surface area contributed by atoms with E-state index in [0.29, 0.717) is 23.0 Å². The van der Waals surface area contributed by atoms with Crippen LogP contribution in [0.1, 0.15) is 19.3 Å². The Morgan fingerprint density at radius 2 is 1.86 bits per heavy atom. The van der Waals surface area contributed by atoms with Crippen molar-refractivity contribution in [2.24, 2.45) is 5.92 Å². The van der Waals surface area contributed by atoms with Crippen LogP contribution in [0.5, 0.6) is 0 Å². The van der Waals surface area contributed by atoms with Gasteiger partial charge in [0.05, 0.1) is 18.0 Å². The Morgan fingerprint density at radius 3 is 2.61 bits per heavy atom. The average molecular weight is 507 g/mol. The minimum Gasteiger partial charge on any atom is -0.370 e. The maximum atomic E-state index is 14.5. The molecule has 2 fully saturated rings. The first-order valence-electron chi connectivity index (χ1n) is 12.5. The lowest BCUT2D eigenvalue weighted by atomic mass is 10.0. The minimum atomic E-state index is -0.715. The van der Waals surface area contributed by atoms with Gasteiger partial charge in [-0.15, -0.1) is 5.10 Å². The van der Waals surface area contributed by atoms with Crippen LogP contribution in [0.4, 0.5) is 21.6 Å². The quantitative estimate of drug-likeness (QED) is 0.479. The van der Waals surface area contributed by atoms with Gasteiger partial charge in [-0.05, 0) is 68.6 Å². The molecule has 2 saturated heterocycles. The van der Waals surface area contributed by atoms with Crippen molar-refractivity contribution >= 4 is 28.0 Å². The van der Waals surface area contributed by atoms with Crippen molar-refractivity contribution in [3.63, 3.8) is 0 Å². The Morgan fingerprint density at radius 1 is 1.08 bits per heavy atom. The molecule has 0 saturated carbocycles. The number of anilines is 2. The Kier molecular flexibility index (Phi) is 7.63. The van der Waals surface area contributed by atoms with Gasteiger partial charge in [0, 0.05) is 59.3 Å². The van der Waals surface area contributed by atoms with Crippen LogP contribution < -0.4 is 15.5 Å². The highest BCUT2D eigenvalue weighted by Gasteiger charge is 2.18. The predicted molar refractivity (Wildman–Crippen MR) is 144 cm³/mol. The zero-order valence-corrected chi connectivity index (χ0v) is 21.1. The van der Waals surface area contributed by atoms with Crippen LogP contribution in [0.2, 0.25) is 0 Å². The summed E-state index contributed by atoms with van der Waals surface area (Å²) in [4.78, 5) is 5.50. The zero-order valence-electron chi connectivity index (χ0n) is 20.3. The second kappa shape index (κ2) is 11.2. The van der Waals surface area contributed by atoms with Gasteiger partial charge in [0.25, 0.3) is 0 Å². The van der Waals surface area contributed by atoms with E-state index in [0.717, 1.165) is 62.0 Å². The number of aromatic nitrogens is 2. The third-order valence-corrected chi connectivity index (χ3v) is 8.25. The van der Waals surface area contributed by atoms with Gasteiger partial charge in [-0.2, -0.15) is 0 Å². The van der Waals surface area contributed by atoms with Crippen LogP contribution in [-0.4, -0.2) is 58.2 Å². The molecule has 2 aliphatic rings. The number of nitrogens with one attached hydrogen (secondary N) is 2. The van der Waals surface area contributed by atoms with E-state index in [2.05, 4.69) is 32.5 Å². The van der Waals surface area contributed by atoms with Crippen LogP contribution in [0.3, 0.4) is 0 Å². The number of halogens is 1. The van der Waals surface area contributed by atoms with Crippen LogP contribution >= 0.6 is 0 Å². The molecule has 0 radical (unpaired) electrons. The lowest BCUT2D eigenvalue weighted by molar-refractivity contribution is 0.496. The number of rotatable bonds is 6. The van der Waals surface area contributed by atoms with Gasteiger partial charge in [0.1, 0.15) is 11.6 Å². The van der Waals surface area contributed by atoms with Crippen LogP contribution in [0, 0.1) is 18.3 Å². The number of hydrogen-bond donors (Lipinski definition) is 2. The summed E-state index contributed by atoms with van der Waals surface area (Å²) in [5.74, 6) is 2.20. The summed E-state index contributed by atoms with van der Waals surface area (Å²) >= 11 is 0. The van der Waals surface area contributed by atoms with Crippen LogP contribution in [0.15, 0.2) is 48.5 Å². The first-order chi connectivity index (χ1) is 17.6. The minimum absolute atomic E-state index is 0.0111. The Bertz CT molecular complexity index is 1250. The van der Waals surface area contributed by atoms with Crippen molar-refractivity contribution in [2.75, 3.05) is 54.4 Å². The molecule has 3 heterocycles. The molecule has 2 aromatic carbocycles. The molecule has 36 heavy (non-hydrogen) atoms. The zero-order chi connectivity index (χ0) is 24.9. The highest BCUT2D eigenvalue weighted by Crippen LogP contribution is 2.31. The number of nitrogens with zero attached hydrogens (tertiary/aromatic N) is 4. The molecule has 0 unspecified atom stereocenters. The van der Waals surface area contributed by atoms with Crippen molar-refractivity contribution < 1.29 is 8.60 Å². The summed E-state index contributed by atoms with van der Waals surface area (Å²) < 4.78 is 28.0. The summed E-state index contributed by atoms with van der Waals surface area (Å²) in [6.07, 6.45) is 3.50. The molecule has 5 rings (SSSR count). The summed E-state index contributed by atoms with van der Waals surface area (Å²) in [5.41, 5.74) is 3.41. The fourth-order valence-corrected chi connectivity index (χ4v) is 5.92. The fraction of sp³-hybridized carbons (Fsp3) is 0.407. The van der Waals surface area contributed by atoms with Gasteiger partial charge < -0.3 is 15.5 Å². The van der Waals surface area contributed by atoms with Crippen molar-refractivity contribution in [1.29, 1.82) is 0 Å². The molecule has 2 N–H and O–H groups in total. The van der Waals surface area contributed by atoms with E-state index < -0.39 is 16.6 Å². The molecule has 0 aliphatic carbocycles. The number of hydrogen-bond acceptors (Lipinski definition) is 5. The second-order valence-electron chi connectivity index (χ2n) is 9.38. The van der Waals surface area contributed by atoms with Crippen molar-refractivity contribution in [3.8, 4) is 16.9 Å². The third-order valence-electron chi connectivity index (χ3n) is 6.98. The first kappa shape index (κ1) is 24.5. The van der Waals surface area contributed by atoms with E-state index in [9.17, 15) is 8.60 Å². The summed E-state index contributed by atoms with van der Waals surface area (Å²) in [7, 11) is -0.715. The summed E-state index contributed by atoms with van der Waals surface area (Å²) in [6.45, 7) is 11.7. The average Bonchev–Trinajstić information content (AvgIpc) is 3.15. The monoisotopic (exact) mass is 506 g/mol. The highest BCUT2D eigenvalue weighted by molar-refractivity contribution is 7.85. The molecule has 188 valence electrons. The fourth-order valence-electron chi connectivity index (χ4n) is 4.87. The van der Waals surface area contributed by atoms with E-state index in [-0.39, 0.29) is 5.69 Å². The third kappa shape index (κ3) is 5.61. The van der Waals surface area contributed by atoms with Gasteiger partial charge in [-0.25, -0.2) is 13.9 Å². The van der Waals surface area contributed by atoms with E-state index in [1.807, 2.05) is 22.9 Å². The lowest BCUT2D eigenvalue weighted by Gasteiger charge is -2.28. The standard InChI is InChI=1S/C27H31FN6OS/c1-29-25-9-4-21(17-24(25)28)26-18-27(31-19-20-3-2-11-30-12-10-20)32-34(26)23-7-5-22(6-8-23)33-13-15-36(35)16-14-33/h4-9,17-18,20,30H,2-3,10-16,19H2,(H,31,32)/t20-/m1/s1. The molecule has 1 atom stereocenters. The maximum Gasteiger partial charge on any atom is 0.222 e. The topological polar surface area (TPSA) is 66.6 Å². The van der Waals surface area contributed by atoms with E-state index in [1.54, 1.807) is 6.07 Å². The lowest BCUT2D eigenvalue weighted by Crippen LogP contribution is -2.37. The van der Waals surface area contributed by atoms with Gasteiger partial charge >= 0.3 is 0 Å². The maximum absolute atomic E-state index is 14.5. The Labute approximate surface area is 214 Å². The molecule has 3 aromatic rings. The molecule has 0 amide bonds. The van der Waals surface area contributed by atoms with Crippen molar-refractivity contribution in [3.05, 3.63) is 65.8 Å². The number of benzene rings is 2. The molecule has 0 bridgehead atoms. The van der Waals surface area contributed by atoms with Gasteiger partial charge in [0.15, 0.2) is 0 Å². The van der Waals surface area contributed by atoms with E-state index in [1.165, 1.54) is 25.0 Å².